The number of rotatable bonds is 8. The highest BCUT2D eigenvalue weighted by molar-refractivity contribution is 7.70. The molecule has 1 aliphatic carbocycles. The molecular formula is C18H26ClN3O9P2. The van der Waals surface area contributed by atoms with E-state index in [1.54, 1.807) is 12.3 Å². The molecular weight excluding hydrogens is 500 g/mol. The van der Waals surface area contributed by atoms with Crippen molar-refractivity contribution in [3.05, 3.63) is 23.2 Å². The zero-order valence-electron chi connectivity index (χ0n) is 17.5. The number of halogens is 1. The standard InChI is InChI=1S/C18H26ClN3O9P2/c19-18-20-12(7-10-3-1-2-4-10)11-5-6-22(16(11)21-18)17-15(24)14(23)13(31-17)8-30-33(28,29)9-32(25,26)27/h5-6,10,13-15,17,23-24H,1-4,7-9H2,(H,28,29)(H2,25,26,27)/t13-,14-,15-,17-/m1/s1. The Kier molecular flexibility index (Phi) is 7.34. The van der Waals surface area contributed by atoms with Gasteiger partial charge in [0.15, 0.2) is 12.1 Å². The van der Waals surface area contributed by atoms with Gasteiger partial charge in [-0.05, 0) is 30.0 Å². The van der Waals surface area contributed by atoms with Crippen molar-refractivity contribution in [1.29, 1.82) is 0 Å². The Hall–Kier alpha value is -0.910. The Morgan fingerprint density at radius 1 is 1.15 bits per heavy atom. The van der Waals surface area contributed by atoms with Gasteiger partial charge in [-0.1, -0.05) is 25.7 Å². The van der Waals surface area contributed by atoms with Gasteiger partial charge in [-0.25, -0.2) is 4.98 Å². The zero-order valence-corrected chi connectivity index (χ0v) is 20.0. The smallest absolute Gasteiger partial charge is 0.340 e. The van der Waals surface area contributed by atoms with Crippen LogP contribution in [0, 0.1) is 5.92 Å². The van der Waals surface area contributed by atoms with Gasteiger partial charge in [-0.3, -0.25) is 9.13 Å². The normalized spacial score (nSPS) is 28.5. The molecule has 2 aliphatic rings. The lowest BCUT2D eigenvalue weighted by Gasteiger charge is -2.18. The Balaban J connectivity index is 1.53. The first-order valence-corrected chi connectivity index (χ1v) is 14.4. The van der Waals surface area contributed by atoms with Crippen molar-refractivity contribution in [3.63, 3.8) is 0 Å². The summed E-state index contributed by atoms with van der Waals surface area (Å²) in [6, 6.07) is 1.78. The molecule has 2 fully saturated rings. The number of hydrogen-bond donors (Lipinski definition) is 5. The number of fused-ring (bicyclic) bond motifs is 1. The second-order valence-corrected chi connectivity index (χ2v) is 12.9. The first-order chi connectivity index (χ1) is 15.4. The molecule has 0 amide bonds. The molecule has 2 aromatic rings. The molecule has 0 spiro atoms. The van der Waals surface area contributed by atoms with Gasteiger partial charge in [-0.15, -0.1) is 0 Å². The molecule has 1 aliphatic heterocycles. The van der Waals surface area contributed by atoms with Gasteiger partial charge in [0.05, 0.1) is 12.3 Å². The van der Waals surface area contributed by atoms with E-state index < -0.39 is 52.2 Å². The predicted octanol–water partition coefficient (Wildman–Crippen LogP) is 1.77. The average Bonchev–Trinajstić information content (AvgIpc) is 3.40. The maximum absolute atomic E-state index is 11.9. The van der Waals surface area contributed by atoms with Crippen LogP contribution in [0.25, 0.3) is 11.0 Å². The zero-order chi connectivity index (χ0) is 24.0. The largest absolute Gasteiger partial charge is 0.387 e. The van der Waals surface area contributed by atoms with Gasteiger partial charge in [0.25, 0.3) is 0 Å². The van der Waals surface area contributed by atoms with Gasteiger partial charge in [-0.2, -0.15) is 4.98 Å². The molecule has 33 heavy (non-hydrogen) atoms. The maximum Gasteiger partial charge on any atom is 0.340 e. The van der Waals surface area contributed by atoms with E-state index in [1.807, 2.05) is 0 Å². The third kappa shape index (κ3) is 5.85. The Labute approximate surface area is 194 Å². The molecule has 4 rings (SSSR count). The van der Waals surface area contributed by atoms with Crippen LogP contribution in [0.1, 0.15) is 37.6 Å². The fourth-order valence-corrected chi connectivity index (χ4v) is 7.23. The molecule has 0 bridgehead atoms. The lowest BCUT2D eigenvalue weighted by atomic mass is 10.0. The highest BCUT2D eigenvalue weighted by Gasteiger charge is 2.45. The average molecular weight is 526 g/mol. The Bertz CT molecular complexity index is 1100. The number of hydrogen-bond acceptors (Lipinski definition) is 8. The van der Waals surface area contributed by atoms with Crippen molar-refractivity contribution in [1.82, 2.24) is 14.5 Å². The summed E-state index contributed by atoms with van der Waals surface area (Å²) in [4.78, 5) is 36.1. The predicted molar refractivity (Wildman–Crippen MR) is 117 cm³/mol. The summed E-state index contributed by atoms with van der Waals surface area (Å²) >= 11 is 6.16. The molecule has 12 nitrogen and oxygen atoms in total. The summed E-state index contributed by atoms with van der Waals surface area (Å²) in [7, 11) is -9.44. The minimum atomic E-state index is -4.80. The lowest BCUT2D eigenvalue weighted by molar-refractivity contribution is -0.0481. The van der Waals surface area contributed by atoms with Gasteiger partial charge in [0.1, 0.15) is 24.0 Å². The molecule has 184 valence electrons. The summed E-state index contributed by atoms with van der Waals surface area (Å²) in [5.41, 5.74) is 1.21. The van der Waals surface area contributed by atoms with Gasteiger partial charge >= 0.3 is 15.2 Å². The van der Waals surface area contributed by atoms with E-state index in [-0.39, 0.29) is 5.28 Å². The number of ether oxygens (including phenoxy) is 1. The molecule has 15 heteroatoms. The van der Waals surface area contributed by atoms with E-state index in [0.717, 1.165) is 30.3 Å². The van der Waals surface area contributed by atoms with Crippen molar-refractivity contribution >= 4 is 37.8 Å². The molecule has 3 heterocycles. The van der Waals surface area contributed by atoms with Gasteiger partial charge < -0.3 is 38.7 Å². The van der Waals surface area contributed by atoms with E-state index in [0.29, 0.717) is 11.6 Å². The van der Waals surface area contributed by atoms with E-state index >= 15 is 0 Å². The Morgan fingerprint density at radius 2 is 1.85 bits per heavy atom. The van der Waals surface area contributed by atoms with Crippen LogP contribution in [0.3, 0.4) is 0 Å². The lowest BCUT2D eigenvalue weighted by Crippen LogP contribution is -2.33. The van der Waals surface area contributed by atoms with E-state index in [9.17, 15) is 24.2 Å². The topological polar surface area (TPSA) is 184 Å². The molecule has 1 saturated heterocycles. The van der Waals surface area contributed by atoms with E-state index in [4.69, 9.17) is 30.6 Å². The number of nitrogens with zero attached hydrogens (tertiary/aromatic N) is 3. The summed E-state index contributed by atoms with van der Waals surface area (Å²) in [5, 5.41) is 21.7. The third-order valence-electron chi connectivity index (χ3n) is 6.00. The van der Waals surface area contributed by atoms with Crippen LogP contribution in [0.2, 0.25) is 5.28 Å². The molecule has 1 unspecified atom stereocenters. The molecule has 5 N–H and O–H groups in total. The number of aliphatic hydroxyl groups is 2. The first-order valence-electron chi connectivity index (χ1n) is 10.5. The SMILES string of the molecule is O=P(O)(O)CP(=O)(O)OC[C@H]1O[C@@H](n2ccc3c(CC4CCCC4)nc(Cl)nc32)[C@H](O)[C@@H]1O. The second-order valence-electron chi connectivity index (χ2n) is 8.54. The van der Waals surface area contributed by atoms with Crippen LogP contribution >= 0.6 is 26.8 Å². The minimum absolute atomic E-state index is 0.0435. The van der Waals surface area contributed by atoms with Gasteiger partial charge in [0, 0.05) is 11.6 Å². The maximum atomic E-state index is 11.9. The van der Waals surface area contributed by atoms with Crippen molar-refractivity contribution in [2.24, 2.45) is 5.92 Å². The molecule has 0 aromatic carbocycles. The number of aliphatic hydroxyl groups excluding tert-OH is 2. The van der Waals surface area contributed by atoms with E-state index in [2.05, 4.69) is 9.97 Å². The van der Waals surface area contributed by atoms with E-state index in [1.165, 1.54) is 17.4 Å². The monoisotopic (exact) mass is 525 g/mol. The molecule has 2 aromatic heterocycles. The highest BCUT2D eigenvalue weighted by Crippen LogP contribution is 2.55. The van der Waals surface area contributed by atoms with Crippen LogP contribution in [0.15, 0.2) is 12.3 Å². The summed E-state index contributed by atoms with van der Waals surface area (Å²) in [6.45, 7) is -0.662. The molecule has 0 radical (unpaired) electrons. The summed E-state index contributed by atoms with van der Waals surface area (Å²) < 4.78 is 34.8. The van der Waals surface area contributed by atoms with Crippen LogP contribution in [-0.4, -0.2) is 70.3 Å². The first kappa shape index (κ1) is 25.2. The number of aromatic nitrogens is 3. The van der Waals surface area contributed by atoms with Crippen LogP contribution < -0.4 is 0 Å². The quantitative estimate of drug-likeness (QED) is 0.250. The van der Waals surface area contributed by atoms with Crippen molar-refractivity contribution in [2.45, 2.75) is 56.6 Å². The minimum Gasteiger partial charge on any atom is -0.387 e. The molecule has 1 saturated carbocycles. The van der Waals surface area contributed by atoms with Gasteiger partial charge in [0.2, 0.25) is 5.28 Å². The summed E-state index contributed by atoms with van der Waals surface area (Å²) in [6.07, 6.45) is 1.75. The van der Waals surface area contributed by atoms with Crippen molar-refractivity contribution < 1.29 is 43.3 Å². The van der Waals surface area contributed by atoms with Crippen molar-refractivity contribution in [3.8, 4) is 0 Å². The van der Waals surface area contributed by atoms with Crippen LogP contribution in [0.5, 0.6) is 0 Å². The third-order valence-corrected chi connectivity index (χ3v) is 9.62. The fourth-order valence-electron chi connectivity index (χ4n) is 4.48. The molecule has 5 atom stereocenters. The van der Waals surface area contributed by atoms with Crippen LogP contribution in [-0.2, 0) is 24.8 Å². The van der Waals surface area contributed by atoms with Crippen molar-refractivity contribution in [2.75, 3.05) is 12.5 Å². The summed E-state index contributed by atoms with van der Waals surface area (Å²) in [5.74, 6) is -0.850. The Morgan fingerprint density at radius 3 is 2.52 bits per heavy atom. The highest BCUT2D eigenvalue weighted by atomic mass is 35.5. The second kappa shape index (κ2) is 9.62. The fraction of sp³-hybridized carbons (Fsp3) is 0.667. The van der Waals surface area contributed by atoms with Crippen LogP contribution in [0.4, 0.5) is 0 Å².